The fourth-order valence-corrected chi connectivity index (χ4v) is 2.35. The zero-order valence-corrected chi connectivity index (χ0v) is 12.4. The molecular weight excluding hydrogens is 256 g/mol. The van der Waals surface area contributed by atoms with Crippen LogP contribution in [0.5, 0.6) is 0 Å². The van der Waals surface area contributed by atoms with Crippen molar-refractivity contribution in [2.24, 2.45) is 0 Å². The third kappa shape index (κ3) is 3.07. The van der Waals surface area contributed by atoms with Crippen LogP contribution in [0.4, 0.5) is 11.4 Å². The lowest BCUT2D eigenvalue weighted by Crippen LogP contribution is -2.18. The van der Waals surface area contributed by atoms with E-state index >= 15 is 0 Å². The first-order valence-electron chi connectivity index (χ1n) is 6.51. The van der Waals surface area contributed by atoms with Crippen molar-refractivity contribution in [2.75, 3.05) is 11.4 Å². The first kappa shape index (κ1) is 13.9. The Morgan fingerprint density at radius 1 is 1.16 bits per heavy atom. The van der Waals surface area contributed by atoms with Gasteiger partial charge in [-0.1, -0.05) is 17.7 Å². The summed E-state index contributed by atoms with van der Waals surface area (Å²) >= 11 is 6.03. The number of halogens is 1. The van der Waals surface area contributed by atoms with Crippen molar-refractivity contribution in [3.05, 3.63) is 53.3 Å². The minimum Gasteiger partial charge on any atom is -0.341 e. The highest BCUT2D eigenvalue weighted by molar-refractivity contribution is 6.17. The van der Waals surface area contributed by atoms with Gasteiger partial charge in [-0.15, -0.1) is 11.6 Å². The Hall–Kier alpha value is -1.54. The average molecular weight is 275 g/mol. The molecule has 0 aliphatic carbocycles. The van der Waals surface area contributed by atoms with Crippen LogP contribution in [0.1, 0.15) is 23.7 Å². The van der Waals surface area contributed by atoms with E-state index in [0.717, 1.165) is 23.5 Å². The molecule has 2 nitrogen and oxygen atoms in total. The Balaban J connectivity index is 2.47. The third-order valence-corrected chi connectivity index (χ3v) is 3.48. The van der Waals surface area contributed by atoms with Gasteiger partial charge >= 0.3 is 0 Å². The molecule has 2 rings (SSSR count). The first-order chi connectivity index (χ1) is 9.15. The largest absolute Gasteiger partial charge is 0.341 e. The van der Waals surface area contributed by atoms with Gasteiger partial charge in [0, 0.05) is 35.4 Å². The molecule has 0 aliphatic heterocycles. The van der Waals surface area contributed by atoms with Crippen molar-refractivity contribution in [3.8, 4) is 0 Å². The molecule has 0 spiro atoms. The zero-order valence-electron chi connectivity index (χ0n) is 11.7. The van der Waals surface area contributed by atoms with Crippen LogP contribution in [0.3, 0.4) is 0 Å². The summed E-state index contributed by atoms with van der Waals surface area (Å²) in [5.74, 6) is 0.477. The Bertz CT molecular complexity index is 549. The van der Waals surface area contributed by atoms with Crippen molar-refractivity contribution < 1.29 is 0 Å². The Morgan fingerprint density at radius 3 is 2.42 bits per heavy atom. The standard InChI is InChI=1S/C16H19ClN2/c1-4-19(15-7-5-12(2)6-8-15)16-9-13(3)18-11-14(16)10-17/h5-9,11H,4,10H2,1-3H3. The molecule has 2 aromatic rings. The van der Waals surface area contributed by atoms with Gasteiger partial charge in [-0.05, 0) is 39.0 Å². The minimum absolute atomic E-state index is 0.477. The Kier molecular flexibility index (Phi) is 4.43. The second kappa shape index (κ2) is 6.07. The van der Waals surface area contributed by atoms with E-state index in [2.05, 4.69) is 54.1 Å². The van der Waals surface area contributed by atoms with Gasteiger partial charge in [0.25, 0.3) is 0 Å². The molecule has 0 fully saturated rings. The quantitative estimate of drug-likeness (QED) is 0.758. The number of aryl methyl sites for hydroxylation is 2. The molecule has 1 aromatic heterocycles. The molecule has 1 heterocycles. The smallest absolute Gasteiger partial charge is 0.0510 e. The third-order valence-electron chi connectivity index (χ3n) is 3.20. The number of benzene rings is 1. The van der Waals surface area contributed by atoms with E-state index in [1.54, 1.807) is 0 Å². The number of nitrogens with zero attached hydrogens (tertiary/aromatic N) is 2. The van der Waals surface area contributed by atoms with Gasteiger partial charge in [0.2, 0.25) is 0 Å². The molecule has 0 atom stereocenters. The van der Waals surface area contributed by atoms with Gasteiger partial charge in [0.1, 0.15) is 0 Å². The maximum atomic E-state index is 6.03. The van der Waals surface area contributed by atoms with Crippen LogP contribution in [0.15, 0.2) is 36.5 Å². The highest BCUT2D eigenvalue weighted by Crippen LogP contribution is 2.29. The van der Waals surface area contributed by atoms with Crippen LogP contribution in [0.2, 0.25) is 0 Å². The van der Waals surface area contributed by atoms with E-state index in [-0.39, 0.29) is 0 Å². The number of hydrogen-bond donors (Lipinski definition) is 0. The molecule has 0 N–H and O–H groups in total. The maximum Gasteiger partial charge on any atom is 0.0510 e. The number of hydrogen-bond acceptors (Lipinski definition) is 2. The highest BCUT2D eigenvalue weighted by Gasteiger charge is 2.12. The van der Waals surface area contributed by atoms with Gasteiger partial charge in [-0.25, -0.2) is 0 Å². The van der Waals surface area contributed by atoms with E-state index in [9.17, 15) is 0 Å². The lowest BCUT2D eigenvalue weighted by Gasteiger charge is -2.25. The monoisotopic (exact) mass is 274 g/mol. The van der Waals surface area contributed by atoms with Crippen molar-refractivity contribution in [2.45, 2.75) is 26.7 Å². The molecular formula is C16H19ClN2. The predicted octanol–water partition coefficient (Wildman–Crippen LogP) is 4.60. The van der Waals surface area contributed by atoms with Crippen molar-refractivity contribution in [3.63, 3.8) is 0 Å². The normalized spacial score (nSPS) is 10.5. The predicted molar refractivity (Wildman–Crippen MR) is 82.4 cm³/mol. The molecule has 0 amide bonds. The second-order valence-electron chi connectivity index (χ2n) is 4.67. The van der Waals surface area contributed by atoms with Crippen LogP contribution in [0, 0.1) is 13.8 Å². The summed E-state index contributed by atoms with van der Waals surface area (Å²) in [5.41, 5.74) is 5.67. The molecule has 0 radical (unpaired) electrons. The topological polar surface area (TPSA) is 16.1 Å². The van der Waals surface area contributed by atoms with Crippen LogP contribution < -0.4 is 4.90 Å². The van der Waals surface area contributed by atoms with Crippen LogP contribution in [-0.4, -0.2) is 11.5 Å². The van der Waals surface area contributed by atoms with Crippen molar-refractivity contribution >= 4 is 23.0 Å². The lowest BCUT2D eigenvalue weighted by molar-refractivity contribution is 0.998. The number of pyridine rings is 1. The van der Waals surface area contributed by atoms with E-state index in [0.29, 0.717) is 5.88 Å². The fourth-order valence-electron chi connectivity index (χ4n) is 2.14. The van der Waals surface area contributed by atoms with Crippen LogP contribution >= 0.6 is 11.6 Å². The molecule has 0 bridgehead atoms. The van der Waals surface area contributed by atoms with E-state index in [4.69, 9.17) is 11.6 Å². The average Bonchev–Trinajstić information content (AvgIpc) is 2.42. The summed E-state index contributed by atoms with van der Waals surface area (Å²) in [7, 11) is 0. The van der Waals surface area contributed by atoms with Gasteiger partial charge in [-0.3, -0.25) is 4.98 Å². The summed E-state index contributed by atoms with van der Waals surface area (Å²) in [4.78, 5) is 6.59. The number of aromatic nitrogens is 1. The Labute approximate surface area is 120 Å². The van der Waals surface area contributed by atoms with Crippen molar-refractivity contribution in [1.29, 1.82) is 0 Å². The number of alkyl halides is 1. The molecule has 0 saturated heterocycles. The zero-order chi connectivity index (χ0) is 13.8. The van der Waals surface area contributed by atoms with Gasteiger partial charge in [-0.2, -0.15) is 0 Å². The molecule has 0 saturated carbocycles. The molecule has 100 valence electrons. The molecule has 0 unspecified atom stereocenters. The van der Waals surface area contributed by atoms with Gasteiger partial charge < -0.3 is 4.90 Å². The first-order valence-corrected chi connectivity index (χ1v) is 7.05. The van der Waals surface area contributed by atoms with Crippen molar-refractivity contribution in [1.82, 2.24) is 4.98 Å². The van der Waals surface area contributed by atoms with Gasteiger partial charge in [0.05, 0.1) is 5.88 Å². The van der Waals surface area contributed by atoms with E-state index in [1.165, 1.54) is 11.3 Å². The van der Waals surface area contributed by atoms with Crippen LogP contribution in [-0.2, 0) is 5.88 Å². The SMILES string of the molecule is CCN(c1ccc(C)cc1)c1cc(C)ncc1CCl. The summed E-state index contributed by atoms with van der Waals surface area (Å²) in [6.07, 6.45) is 1.87. The second-order valence-corrected chi connectivity index (χ2v) is 4.94. The lowest BCUT2D eigenvalue weighted by atomic mass is 10.1. The number of rotatable bonds is 4. The summed E-state index contributed by atoms with van der Waals surface area (Å²) in [6, 6.07) is 10.7. The molecule has 1 aromatic carbocycles. The van der Waals surface area contributed by atoms with E-state index in [1.807, 2.05) is 13.1 Å². The summed E-state index contributed by atoms with van der Waals surface area (Å²) < 4.78 is 0. The van der Waals surface area contributed by atoms with Gasteiger partial charge in [0.15, 0.2) is 0 Å². The maximum absolute atomic E-state index is 6.03. The minimum atomic E-state index is 0.477. The Morgan fingerprint density at radius 2 is 1.84 bits per heavy atom. The fraction of sp³-hybridized carbons (Fsp3) is 0.312. The molecule has 3 heteroatoms. The molecule has 19 heavy (non-hydrogen) atoms. The van der Waals surface area contributed by atoms with Crippen LogP contribution in [0.25, 0.3) is 0 Å². The number of anilines is 2. The summed E-state index contributed by atoms with van der Waals surface area (Å²) in [6.45, 7) is 7.15. The highest BCUT2D eigenvalue weighted by atomic mass is 35.5. The van der Waals surface area contributed by atoms with E-state index < -0.39 is 0 Å². The molecule has 0 aliphatic rings. The summed E-state index contributed by atoms with van der Waals surface area (Å²) in [5, 5.41) is 0.